The van der Waals surface area contributed by atoms with E-state index in [0.717, 1.165) is 23.4 Å². The molecule has 0 saturated carbocycles. The zero-order valence-electron chi connectivity index (χ0n) is 13.6. The molecule has 2 aromatic carbocycles. The molecule has 0 aliphatic carbocycles. The Kier molecular flexibility index (Phi) is 3.54. The molecular weight excluding hydrogens is 320 g/mol. The van der Waals surface area contributed by atoms with Gasteiger partial charge in [-0.2, -0.15) is 0 Å². The van der Waals surface area contributed by atoms with Crippen LogP contribution in [0.5, 0.6) is 0 Å². The normalized spacial score (nSPS) is 15.2. The van der Waals surface area contributed by atoms with E-state index in [2.05, 4.69) is 38.1 Å². The van der Waals surface area contributed by atoms with Crippen LogP contribution in [0.15, 0.2) is 41.2 Å². The molecule has 0 saturated heterocycles. The van der Waals surface area contributed by atoms with Crippen LogP contribution in [-0.4, -0.2) is 9.55 Å². The minimum absolute atomic E-state index is 0.00940. The molecule has 0 spiro atoms. The van der Waals surface area contributed by atoms with E-state index in [9.17, 15) is 4.79 Å². The molecule has 120 valence electrons. The van der Waals surface area contributed by atoms with Crippen LogP contribution in [-0.2, 0) is 6.54 Å². The molecule has 0 unspecified atom stereocenters. The Morgan fingerprint density at radius 1 is 1.12 bits per heavy atom. The first-order chi connectivity index (χ1) is 11.5. The van der Waals surface area contributed by atoms with Crippen LogP contribution in [0, 0.1) is 13.8 Å². The van der Waals surface area contributed by atoms with Gasteiger partial charge in [-0.3, -0.25) is 9.36 Å². The largest absolute Gasteiger partial charge is 0.292 e. The summed E-state index contributed by atoms with van der Waals surface area (Å²) < 4.78 is 1.77. The molecule has 0 N–H and O–H groups in total. The van der Waals surface area contributed by atoms with Crippen molar-refractivity contribution in [2.75, 3.05) is 0 Å². The number of hydrogen-bond donors (Lipinski definition) is 0. The zero-order chi connectivity index (χ0) is 16.8. The molecule has 0 radical (unpaired) electrons. The molecule has 3 aromatic rings. The van der Waals surface area contributed by atoms with Crippen LogP contribution >= 0.6 is 11.6 Å². The van der Waals surface area contributed by atoms with Gasteiger partial charge in [0.05, 0.1) is 10.9 Å². The smallest absolute Gasteiger partial charge is 0.261 e. The first-order valence-corrected chi connectivity index (χ1v) is 8.39. The minimum atomic E-state index is 0.00940. The fourth-order valence-corrected chi connectivity index (χ4v) is 3.35. The Balaban J connectivity index is 1.89. The molecule has 24 heavy (non-hydrogen) atoms. The number of allylic oxidation sites excluding steroid dienone is 1. The summed E-state index contributed by atoms with van der Waals surface area (Å²) in [5.74, 6) is 0.757. The summed E-state index contributed by atoms with van der Waals surface area (Å²) in [7, 11) is 0. The molecule has 0 fully saturated rings. The third-order valence-electron chi connectivity index (χ3n) is 4.68. The lowest BCUT2D eigenvalue weighted by molar-refractivity contribution is 0.725. The molecule has 4 rings (SSSR count). The third-order valence-corrected chi connectivity index (χ3v) is 4.92. The number of rotatable bonds is 1. The lowest BCUT2D eigenvalue weighted by atomic mass is 10.0. The summed E-state index contributed by atoms with van der Waals surface area (Å²) in [4.78, 5) is 17.4. The second-order valence-electron chi connectivity index (χ2n) is 6.32. The van der Waals surface area contributed by atoms with Crippen molar-refractivity contribution >= 4 is 34.2 Å². The van der Waals surface area contributed by atoms with Gasteiger partial charge < -0.3 is 0 Å². The summed E-state index contributed by atoms with van der Waals surface area (Å²) in [6.07, 6.45) is 2.95. The molecule has 0 amide bonds. The fraction of sp³-hybridized carbons (Fsp3) is 0.200. The molecule has 1 aliphatic heterocycles. The molecule has 0 bridgehead atoms. The highest BCUT2D eigenvalue weighted by molar-refractivity contribution is 6.31. The number of benzene rings is 2. The van der Waals surface area contributed by atoms with Gasteiger partial charge in [-0.15, -0.1) is 0 Å². The van der Waals surface area contributed by atoms with Gasteiger partial charge in [0.15, 0.2) is 0 Å². The maximum atomic E-state index is 12.7. The second kappa shape index (κ2) is 5.60. The molecular formula is C20H17ClN2O. The number of nitrogens with zero attached hydrogens (tertiary/aromatic N) is 2. The standard InChI is InChI=1S/C20H17ClN2O/c1-12-3-4-14(9-13(12)2)10-15-7-8-23-19(15)22-18-11-16(21)5-6-17(18)20(23)24/h3-6,9-11H,7-8H2,1-2H3/b15-10+. The third kappa shape index (κ3) is 2.45. The predicted octanol–water partition coefficient (Wildman–Crippen LogP) is 4.61. The van der Waals surface area contributed by atoms with Crippen molar-refractivity contribution in [2.24, 2.45) is 0 Å². The van der Waals surface area contributed by atoms with Crippen molar-refractivity contribution in [1.29, 1.82) is 0 Å². The lowest BCUT2D eigenvalue weighted by Gasteiger charge is -2.06. The molecule has 4 heteroatoms. The second-order valence-corrected chi connectivity index (χ2v) is 6.75. The maximum absolute atomic E-state index is 12.7. The van der Waals surface area contributed by atoms with Gasteiger partial charge in [0.25, 0.3) is 5.56 Å². The quantitative estimate of drug-likeness (QED) is 0.650. The summed E-state index contributed by atoms with van der Waals surface area (Å²) in [6, 6.07) is 11.6. The van der Waals surface area contributed by atoms with Gasteiger partial charge in [-0.1, -0.05) is 29.8 Å². The number of fused-ring (bicyclic) bond motifs is 2. The van der Waals surface area contributed by atoms with E-state index in [1.165, 1.54) is 11.1 Å². The SMILES string of the molecule is Cc1ccc(/C=C2\CCn3c2nc2cc(Cl)ccc2c3=O)cc1C. The van der Waals surface area contributed by atoms with Crippen molar-refractivity contribution in [2.45, 2.75) is 26.8 Å². The van der Waals surface area contributed by atoms with Crippen molar-refractivity contribution in [3.8, 4) is 0 Å². The Hall–Kier alpha value is -2.39. The molecule has 0 atom stereocenters. The van der Waals surface area contributed by atoms with Gasteiger partial charge in [-0.05, 0) is 66.8 Å². The van der Waals surface area contributed by atoms with Crippen LogP contribution in [0.3, 0.4) is 0 Å². The zero-order valence-corrected chi connectivity index (χ0v) is 14.4. The molecule has 2 heterocycles. The average molecular weight is 337 g/mol. The van der Waals surface area contributed by atoms with Crippen LogP contribution in [0.25, 0.3) is 22.6 Å². The van der Waals surface area contributed by atoms with E-state index in [1.54, 1.807) is 22.8 Å². The van der Waals surface area contributed by atoms with E-state index in [-0.39, 0.29) is 5.56 Å². The molecule has 3 nitrogen and oxygen atoms in total. The summed E-state index contributed by atoms with van der Waals surface area (Å²) in [5.41, 5.74) is 5.44. The van der Waals surface area contributed by atoms with Gasteiger partial charge in [0.2, 0.25) is 0 Å². The first-order valence-electron chi connectivity index (χ1n) is 8.01. The fourth-order valence-electron chi connectivity index (χ4n) is 3.18. The highest BCUT2D eigenvalue weighted by Crippen LogP contribution is 2.28. The van der Waals surface area contributed by atoms with Gasteiger partial charge in [0, 0.05) is 11.6 Å². The lowest BCUT2D eigenvalue weighted by Crippen LogP contribution is -2.20. The Morgan fingerprint density at radius 2 is 1.96 bits per heavy atom. The Bertz CT molecular complexity index is 1060. The van der Waals surface area contributed by atoms with Crippen LogP contribution < -0.4 is 5.56 Å². The van der Waals surface area contributed by atoms with E-state index in [4.69, 9.17) is 16.6 Å². The van der Waals surface area contributed by atoms with E-state index < -0.39 is 0 Å². The van der Waals surface area contributed by atoms with E-state index >= 15 is 0 Å². The molecule has 1 aromatic heterocycles. The maximum Gasteiger partial charge on any atom is 0.261 e. The van der Waals surface area contributed by atoms with Crippen molar-refractivity contribution in [3.63, 3.8) is 0 Å². The monoisotopic (exact) mass is 336 g/mol. The summed E-state index contributed by atoms with van der Waals surface area (Å²) in [5, 5.41) is 1.22. The topological polar surface area (TPSA) is 34.9 Å². The van der Waals surface area contributed by atoms with Crippen LogP contribution in [0.2, 0.25) is 5.02 Å². The van der Waals surface area contributed by atoms with Crippen molar-refractivity contribution in [3.05, 3.63) is 74.3 Å². The van der Waals surface area contributed by atoms with Gasteiger partial charge in [-0.25, -0.2) is 4.98 Å². The number of hydrogen-bond acceptors (Lipinski definition) is 2. The van der Waals surface area contributed by atoms with Crippen molar-refractivity contribution < 1.29 is 0 Å². The van der Waals surface area contributed by atoms with E-state index in [1.807, 2.05) is 0 Å². The van der Waals surface area contributed by atoms with Crippen molar-refractivity contribution in [1.82, 2.24) is 9.55 Å². The van der Waals surface area contributed by atoms with Gasteiger partial charge in [0.1, 0.15) is 5.82 Å². The number of aromatic nitrogens is 2. The number of halogens is 1. The Morgan fingerprint density at radius 3 is 2.75 bits per heavy atom. The number of aryl methyl sites for hydroxylation is 2. The van der Waals surface area contributed by atoms with E-state index in [0.29, 0.717) is 22.5 Å². The Labute approximate surface area is 145 Å². The summed E-state index contributed by atoms with van der Waals surface area (Å²) in [6.45, 7) is 4.89. The molecule has 1 aliphatic rings. The highest BCUT2D eigenvalue weighted by Gasteiger charge is 2.20. The van der Waals surface area contributed by atoms with Crippen LogP contribution in [0.4, 0.5) is 0 Å². The summed E-state index contributed by atoms with van der Waals surface area (Å²) >= 11 is 6.06. The minimum Gasteiger partial charge on any atom is -0.292 e. The van der Waals surface area contributed by atoms with Crippen LogP contribution in [0.1, 0.15) is 28.9 Å². The average Bonchev–Trinajstić information content (AvgIpc) is 2.94. The predicted molar refractivity (Wildman–Crippen MR) is 99.4 cm³/mol. The highest BCUT2D eigenvalue weighted by atomic mass is 35.5. The van der Waals surface area contributed by atoms with Gasteiger partial charge >= 0.3 is 0 Å². The first kappa shape index (κ1) is 15.2.